The Labute approximate surface area is 203 Å². The SMILES string of the molecule is COC(=O)[C@@H](NC(=O)[C@H](CSSc1ccc(OC)c(OC)c1)NC(=O)OC(C)(C)C)C(C)C. The molecule has 0 aliphatic carbocycles. The van der Waals surface area contributed by atoms with Crippen LogP contribution in [0, 0.1) is 5.92 Å². The van der Waals surface area contributed by atoms with Crippen LogP contribution in [0.3, 0.4) is 0 Å². The number of amides is 2. The monoisotopic (exact) mass is 502 g/mol. The van der Waals surface area contributed by atoms with Gasteiger partial charge in [-0.05, 0) is 44.9 Å². The molecule has 0 heterocycles. The summed E-state index contributed by atoms with van der Waals surface area (Å²) in [6.45, 7) is 8.78. The van der Waals surface area contributed by atoms with E-state index >= 15 is 0 Å². The predicted octanol–water partition coefficient (Wildman–Crippen LogP) is 3.65. The number of benzene rings is 1. The fourth-order valence-corrected chi connectivity index (χ4v) is 4.74. The van der Waals surface area contributed by atoms with E-state index in [-0.39, 0.29) is 11.7 Å². The summed E-state index contributed by atoms with van der Waals surface area (Å²) in [4.78, 5) is 38.2. The number of alkyl carbamates (subject to hydrolysis) is 1. The van der Waals surface area contributed by atoms with Gasteiger partial charge in [-0.2, -0.15) is 0 Å². The van der Waals surface area contributed by atoms with Crippen LogP contribution in [0.4, 0.5) is 4.79 Å². The van der Waals surface area contributed by atoms with Gasteiger partial charge in [0.05, 0.1) is 21.3 Å². The van der Waals surface area contributed by atoms with Crippen molar-refractivity contribution in [2.24, 2.45) is 5.92 Å². The van der Waals surface area contributed by atoms with Crippen molar-refractivity contribution in [3.63, 3.8) is 0 Å². The van der Waals surface area contributed by atoms with E-state index in [1.54, 1.807) is 54.9 Å². The van der Waals surface area contributed by atoms with Crippen molar-refractivity contribution in [3.05, 3.63) is 18.2 Å². The van der Waals surface area contributed by atoms with Crippen LogP contribution < -0.4 is 20.1 Å². The lowest BCUT2D eigenvalue weighted by molar-refractivity contribution is -0.146. The van der Waals surface area contributed by atoms with Gasteiger partial charge < -0.3 is 29.6 Å². The standard InChI is InChI=1S/C22H34N2O7S2/c1-13(2)18(20(26)30-8)24-19(25)15(23-21(27)31-22(3,4)5)12-32-33-14-9-10-16(28-6)17(11-14)29-7/h9-11,13,15,18H,12H2,1-8H3,(H,23,27)(H,24,25)/t15-,18-/m0/s1. The number of ether oxygens (including phenoxy) is 4. The summed E-state index contributed by atoms with van der Waals surface area (Å²) in [5, 5.41) is 5.27. The Morgan fingerprint density at radius 1 is 1.00 bits per heavy atom. The molecule has 33 heavy (non-hydrogen) atoms. The maximum Gasteiger partial charge on any atom is 0.408 e. The van der Waals surface area contributed by atoms with E-state index in [0.717, 1.165) is 4.90 Å². The molecule has 0 aliphatic heterocycles. The first kappa shape index (κ1) is 28.8. The predicted molar refractivity (Wildman–Crippen MR) is 130 cm³/mol. The second kappa shape index (κ2) is 13.4. The van der Waals surface area contributed by atoms with Crippen molar-refractivity contribution in [2.45, 2.75) is 57.2 Å². The molecule has 186 valence electrons. The summed E-state index contributed by atoms with van der Waals surface area (Å²) in [6, 6.07) is 3.69. The highest BCUT2D eigenvalue weighted by atomic mass is 33.1. The van der Waals surface area contributed by atoms with E-state index in [1.165, 1.54) is 28.7 Å². The molecule has 0 radical (unpaired) electrons. The number of nitrogens with one attached hydrogen (secondary N) is 2. The third-order valence-corrected chi connectivity index (χ3v) is 6.54. The molecule has 0 aliphatic rings. The fourth-order valence-electron chi connectivity index (χ4n) is 2.55. The minimum atomic E-state index is -0.941. The Morgan fingerprint density at radius 3 is 2.15 bits per heavy atom. The summed E-state index contributed by atoms with van der Waals surface area (Å²) < 4.78 is 20.6. The smallest absolute Gasteiger partial charge is 0.408 e. The second-order valence-corrected chi connectivity index (χ2v) is 10.8. The lowest BCUT2D eigenvalue weighted by atomic mass is 10.0. The average Bonchev–Trinajstić information content (AvgIpc) is 2.74. The highest BCUT2D eigenvalue weighted by Crippen LogP contribution is 2.37. The molecule has 1 aromatic rings. The molecule has 0 unspecified atom stereocenters. The van der Waals surface area contributed by atoms with E-state index in [4.69, 9.17) is 18.9 Å². The zero-order valence-corrected chi connectivity index (χ0v) is 22.0. The molecule has 2 N–H and O–H groups in total. The average molecular weight is 503 g/mol. The van der Waals surface area contributed by atoms with Crippen molar-refractivity contribution in [3.8, 4) is 11.5 Å². The van der Waals surface area contributed by atoms with Crippen LogP contribution >= 0.6 is 21.6 Å². The van der Waals surface area contributed by atoms with Crippen molar-refractivity contribution < 1.29 is 33.3 Å². The lowest BCUT2D eigenvalue weighted by Crippen LogP contribution is -2.54. The van der Waals surface area contributed by atoms with Crippen LogP contribution in [-0.4, -0.2) is 62.7 Å². The minimum absolute atomic E-state index is 0.197. The summed E-state index contributed by atoms with van der Waals surface area (Å²) in [5.41, 5.74) is -0.723. The highest BCUT2D eigenvalue weighted by Gasteiger charge is 2.30. The molecule has 1 rings (SSSR count). The molecule has 9 nitrogen and oxygen atoms in total. The molecule has 0 aromatic heterocycles. The van der Waals surface area contributed by atoms with Gasteiger partial charge in [0.1, 0.15) is 17.7 Å². The first-order chi connectivity index (χ1) is 15.4. The number of carbonyl (C=O) groups excluding carboxylic acids is 3. The van der Waals surface area contributed by atoms with Crippen LogP contribution in [0.1, 0.15) is 34.6 Å². The Morgan fingerprint density at radius 2 is 1.64 bits per heavy atom. The molecule has 2 amide bonds. The van der Waals surface area contributed by atoms with Crippen molar-refractivity contribution >= 4 is 39.6 Å². The number of carbonyl (C=O) groups is 3. The van der Waals surface area contributed by atoms with Gasteiger partial charge in [-0.15, -0.1) is 0 Å². The Bertz CT molecular complexity index is 812. The quantitative estimate of drug-likeness (QED) is 0.346. The van der Waals surface area contributed by atoms with Gasteiger partial charge in [-0.25, -0.2) is 9.59 Å². The molecule has 0 bridgehead atoms. The molecule has 2 atom stereocenters. The molecule has 0 saturated heterocycles. The van der Waals surface area contributed by atoms with Crippen molar-refractivity contribution in [2.75, 3.05) is 27.1 Å². The third kappa shape index (κ3) is 10.0. The first-order valence-corrected chi connectivity index (χ1v) is 12.6. The van der Waals surface area contributed by atoms with E-state index in [9.17, 15) is 14.4 Å². The van der Waals surface area contributed by atoms with Gasteiger partial charge in [-0.3, -0.25) is 4.79 Å². The van der Waals surface area contributed by atoms with Crippen LogP contribution in [0.25, 0.3) is 0 Å². The maximum atomic E-state index is 13.0. The van der Waals surface area contributed by atoms with Crippen LogP contribution in [0.5, 0.6) is 11.5 Å². The molecule has 0 spiro atoms. The zero-order chi connectivity index (χ0) is 25.2. The van der Waals surface area contributed by atoms with Crippen LogP contribution in [-0.2, 0) is 19.1 Å². The van der Waals surface area contributed by atoms with Crippen LogP contribution in [0.15, 0.2) is 23.1 Å². The van der Waals surface area contributed by atoms with Crippen molar-refractivity contribution in [1.82, 2.24) is 10.6 Å². The fraction of sp³-hybridized carbons (Fsp3) is 0.591. The summed E-state index contributed by atoms with van der Waals surface area (Å²) in [7, 11) is 7.14. The first-order valence-electron chi connectivity index (χ1n) is 10.3. The Hall–Kier alpha value is -2.27. The van der Waals surface area contributed by atoms with Gasteiger partial charge in [0, 0.05) is 10.6 Å². The zero-order valence-electron chi connectivity index (χ0n) is 20.3. The molecular weight excluding hydrogens is 468 g/mol. The van der Waals surface area contributed by atoms with E-state index in [1.807, 2.05) is 12.1 Å². The number of hydrogen-bond acceptors (Lipinski definition) is 9. The van der Waals surface area contributed by atoms with E-state index < -0.39 is 35.7 Å². The molecule has 0 fully saturated rings. The van der Waals surface area contributed by atoms with Gasteiger partial charge >= 0.3 is 12.1 Å². The molecule has 11 heteroatoms. The Balaban J connectivity index is 2.92. The summed E-state index contributed by atoms with van der Waals surface area (Å²) in [6.07, 6.45) is -0.724. The third-order valence-electron chi connectivity index (χ3n) is 4.17. The topological polar surface area (TPSA) is 112 Å². The second-order valence-electron chi connectivity index (χ2n) is 8.34. The highest BCUT2D eigenvalue weighted by molar-refractivity contribution is 8.76. The van der Waals surface area contributed by atoms with Gasteiger partial charge in [0.15, 0.2) is 11.5 Å². The van der Waals surface area contributed by atoms with Gasteiger partial charge in [-0.1, -0.05) is 35.4 Å². The number of methoxy groups -OCH3 is 3. The van der Waals surface area contributed by atoms with E-state index in [2.05, 4.69) is 10.6 Å². The van der Waals surface area contributed by atoms with Gasteiger partial charge in [0.2, 0.25) is 5.91 Å². The van der Waals surface area contributed by atoms with Crippen molar-refractivity contribution in [1.29, 1.82) is 0 Å². The largest absolute Gasteiger partial charge is 0.493 e. The van der Waals surface area contributed by atoms with Crippen LogP contribution in [0.2, 0.25) is 0 Å². The Kier molecular flexibility index (Phi) is 11.7. The minimum Gasteiger partial charge on any atom is -0.493 e. The molecular formula is C22H34N2O7S2. The number of rotatable bonds is 11. The van der Waals surface area contributed by atoms with Gasteiger partial charge in [0.25, 0.3) is 0 Å². The lowest BCUT2D eigenvalue weighted by Gasteiger charge is -2.25. The number of esters is 1. The van der Waals surface area contributed by atoms with E-state index in [0.29, 0.717) is 11.5 Å². The maximum absolute atomic E-state index is 13.0. The summed E-state index contributed by atoms with van der Waals surface area (Å²) in [5.74, 6) is 0.153. The number of hydrogen-bond donors (Lipinski definition) is 2. The molecule has 1 aromatic carbocycles. The normalized spacial score (nSPS) is 13.0. The summed E-state index contributed by atoms with van der Waals surface area (Å²) >= 11 is 0. The molecule has 0 saturated carbocycles.